The van der Waals surface area contributed by atoms with Gasteiger partial charge in [-0.05, 0) is 11.6 Å². The van der Waals surface area contributed by atoms with Crippen molar-refractivity contribution in [1.82, 2.24) is 10.3 Å². The molecule has 1 radical (unpaired) electrons. The lowest BCUT2D eigenvalue weighted by atomic mass is 10.0. The van der Waals surface area contributed by atoms with Gasteiger partial charge in [0.2, 0.25) is 0 Å². The number of hydrogen-bond acceptors (Lipinski definition) is 2. The van der Waals surface area contributed by atoms with Gasteiger partial charge in [-0.1, -0.05) is 36.4 Å². The molecule has 3 heteroatoms. The quantitative estimate of drug-likeness (QED) is 0.830. The van der Waals surface area contributed by atoms with Crippen molar-refractivity contribution in [1.29, 1.82) is 0 Å². The second kappa shape index (κ2) is 5.77. The predicted molar refractivity (Wildman–Crippen MR) is 71.0 cm³/mol. The molecule has 0 saturated heterocycles. The van der Waals surface area contributed by atoms with E-state index in [2.05, 4.69) is 23.1 Å². The first-order chi connectivity index (χ1) is 8.83. The first kappa shape index (κ1) is 12.0. The van der Waals surface area contributed by atoms with E-state index in [1.54, 1.807) is 18.3 Å². The van der Waals surface area contributed by atoms with Crippen molar-refractivity contribution < 1.29 is 4.79 Å². The van der Waals surface area contributed by atoms with Crippen LogP contribution in [0.15, 0.2) is 55.3 Å². The van der Waals surface area contributed by atoms with Crippen LogP contribution >= 0.6 is 0 Å². The molecule has 89 valence electrons. The van der Waals surface area contributed by atoms with Crippen molar-refractivity contribution in [2.45, 2.75) is 0 Å². The minimum Gasteiger partial charge on any atom is -0.349 e. The minimum atomic E-state index is -0.146. The van der Waals surface area contributed by atoms with Gasteiger partial charge >= 0.3 is 0 Å². The molecule has 0 aliphatic carbocycles. The Balaban J connectivity index is 2.37. The number of benzene rings is 1. The van der Waals surface area contributed by atoms with Crippen molar-refractivity contribution in [2.24, 2.45) is 0 Å². The number of carbonyl (C=O) groups excluding carboxylic acids is 1. The molecule has 0 unspecified atom stereocenters. The summed E-state index contributed by atoms with van der Waals surface area (Å²) in [6.45, 7) is 4.01. The number of nitrogens with one attached hydrogen (secondary N) is 1. The number of amides is 1. The second-order valence-corrected chi connectivity index (χ2v) is 3.71. The molecule has 1 amide bonds. The lowest BCUT2D eigenvalue weighted by Gasteiger charge is -2.08. The summed E-state index contributed by atoms with van der Waals surface area (Å²) in [6, 6.07) is 11.3. The van der Waals surface area contributed by atoms with Crippen LogP contribution in [0.1, 0.15) is 10.4 Å². The standard InChI is InChI=1S/C15H13N2O/c1-2-9-17-15(18)13-8-10-16-11-14(13)12-6-4-3-5-7-12/h2-8,10H,1,9H2,(H,17,18). The Morgan fingerprint density at radius 3 is 2.83 bits per heavy atom. The minimum absolute atomic E-state index is 0.146. The highest BCUT2D eigenvalue weighted by molar-refractivity contribution is 6.00. The van der Waals surface area contributed by atoms with Crippen LogP contribution in [-0.2, 0) is 0 Å². The Bertz CT molecular complexity index is 549. The Morgan fingerprint density at radius 1 is 1.33 bits per heavy atom. The summed E-state index contributed by atoms with van der Waals surface area (Å²) < 4.78 is 0. The Kier molecular flexibility index (Phi) is 3.86. The summed E-state index contributed by atoms with van der Waals surface area (Å²) in [7, 11) is 0. The zero-order valence-corrected chi connectivity index (χ0v) is 9.89. The Morgan fingerprint density at radius 2 is 2.11 bits per heavy atom. The van der Waals surface area contributed by atoms with Crippen LogP contribution in [0.3, 0.4) is 0 Å². The lowest BCUT2D eigenvalue weighted by molar-refractivity contribution is 0.0958. The molecule has 0 atom stereocenters. The van der Waals surface area contributed by atoms with E-state index < -0.39 is 0 Å². The van der Waals surface area contributed by atoms with E-state index in [1.807, 2.05) is 30.3 Å². The molecule has 0 bridgehead atoms. The van der Waals surface area contributed by atoms with Crippen molar-refractivity contribution in [2.75, 3.05) is 6.54 Å². The molecule has 1 aromatic carbocycles. The van der Waals surface area contributed by atoms with Gasteiger partial charge in [-0.2, -0.15) is 0 Å². The fraction of sp³-hybridized carbons (Fsp3) is 0.0667. The van der Waals surface area contributed by atoms with E-state index in [-0.39, 0.29) is 5.91 Å². The van der Waals surface area contributed by atoms with Crippen LogP contribution in [0.2, 0.25) is 0 Å². The fourth-order valence-electron chi connectivity index (χ4n) is 1.63. The first-order valence-corrected chi connectivity index (χ1v) is 5.64. The van der Waals surface area contributed by atoms with Crippen molar-refractivity contribution >= 4 is 5.91 Å². The summed E-state index contributed by atoms with van der Waals surface area (Å²) in [4.78, 5) is 16.0. The van der Waals surface area contributed by atoms with E-state index in [0.717, 1.165) is 5.56 Å². The number of pyridine rings is 1. The molecule has 0 saturated carbocycles. The number of rotatable bonds is 4. The van der Waals surface area contributed by atoms with Gasteiger partial charge in [0, 0.05) is 18.3 Å². The highest BCUT2D eigenvalue weighted by Crippen LogP contribution is 2.21. The monoisotopic (exact) mass is 237 g/mol. The highest BCUT2D eigenvalue weighted by atomic mass is 16.1. The Labute approximate surface area is 106 Å². The number of aromatic nitrogens is 1. The predicted octanol–water partition coefficient (Wildman–Crippen LogP) is 2.46. The normalized spacial score (nSPS) is 9.78. The summed E-state index contributed by atoms with van der Waals surface area (Å²) in [5, 5.41) is 2.75. The van der Waals surface area contributed by atoms with Gasteiger partial charge in [0.25, 0.3) is 5.91 Å². The van der Waals surface area contributed by atoms with Gasteiger partial charge in [-0.15, -0.1) is 6.58 Å². The van der Waals surface area contributed by atoms with Gasteiger partial charge in [-0.3, -0.25) is 9.78 Å². The molecule has 0 spiro atoms. The summed E-state index contributed by atoms with van der Waals surface area (Å²) in [6.07, 6.45) is 6.08. The zero-order valence-electron chi connectivity index (χ0n) is 9.89. The van der Waals surface area contributed by atoms with E-state index >= 15 is 0 Å². The van der Waals surface area contributed by atoms with Gasteiger partial charge in [0.1, 0.15) is 0 Å². The molecule has 18 heavy (non-hydrogen) atoms. The van der Waals surface area contributed by atoms with Gasteiger partial charge in [-0.25, -0.2) is 0 Å². The zero-order chi connectivity index (χ0) is 12.8. The van der Waals surface area contributed by atoms with Crippen LogP contribution in [0.4, 0.5) is 0 Å². The maximum atomic E-state index is 12.0. The maximum Gasteiger partial charge on any atom is 0.252 e. The molecule has 0 fully saturated rings. The van der Waals surface area contributed by atoms with Crippen LogP contribution in [0.5, 0.6) is 0 Å². The van der Waals surface area contributed by atoms with Crippen LogP contribution in [0.25, 0.3) is 11.1 Å². The average molecular weight is 237 g/mol. The molecule has 1 heterocycles. The van der Waals surface area contributed by atoms with E-state index in [4.69, 9.17) is 0 Å². The Hall–Kier alpha value is -2.42. The molecule has 2 aromatic rings. The molecule has 0 aliphatic rings. The number of carbonyl (C=O) groups is 1. The average Bonchev–Trinajstić information content (AvgIpc) is 2.45. The smallest absolute Gasteiger partial charge is 0.252 e. The topological polar surface area (TPSA) is 42.0 Å². The third kappa shape index (κ3) is 2.63. The number of hydrogen-bond donors (Lipinski definition) is 1. The number of nitrogens with zero attached hydrogens (tertiary/aromatic N) is 1. The molecule has 1 aromatic heterocycles. The van der Waals surface area contributed by atoms with Crippen LogP contribution < -0.4 is 5.32 Å². The molecule has 1 N–H and O–H groups in total. The van der Waals surface area contributed by atoms with Crippen LogP contribution in [0, 0.1) is 6.20 Å². The van der Waals surface area contributed by atoms with Crippen molar-refractivity contribution in [3.63, 3.8) is 0 Å². The molecule has 2 rings (SSSR count). The largest absolute Gasteiger partial charge is 0.349 e. The first-order valence-electron chi connectivity index (χ1n) is 5.64. The molecular formula is C15H13N2O. The van der Waals surface area contributed by atoms with E-state index in [0.29, 0.717) is 17.7 Å². The maximum absolute atomic E-state index is 12.0. The van der Waals surface area contributed by atoms with Crippen LogP contribution in [-0.4, -0.2) is 17.4 Å². The fourth-order valence-corrected chi connectivity index (χ4v) is 1.63. The summed E-state index contributed by atoms with van der Waals surface area (Å²) in [5.74, 6) is -0.146. The highest BCUT2D eigenvalue weighted by Gasteiger charge is 2.11. The van der Waals surface area contributed by atoms with E-state index in [1.165, 1.54) is 0 Å². The molecule has 3 nitrogen and oxygen atoms in total. The summed E-state index contributed by atoms with van der Waals surface area (Å²) >= 11 is 0. The van der Waals surface area contributed by atoms with Gasteiger partial charge < -0.3 is 5.32 Å². The third-order valence-corrected chi connectivity index (χ3v) is 2.48. The second-order valence-electron chi connectivity index (χ2n) is 3.71. The lowest BCUT2D eigenvalue weighted by Crippen LogP contribution is -2.23. The summed E-state index contributed by atoms with van der Waals surface area (Å²) in [5.41, 5.74) is 2.20. The van der Waals surface area contributed by atoms with Crippen molar-refractivity contribution in [3.8, 4) is 11.1 Å². The third-order valence-electron chi connectivity index (χ3n) is 2.48. The molecule has 0 aliphatic heterocycles. The van der Waals surface area contributed by atoms with Gasteiger partial charge in [0.05, 0.1) is 11.8 Å². The molecular weight excluding hydrogens is 224 g/mol. The van der Waals surface area contributed by atoms with Crippen molar-refractivity contribution in [3.05, 3.63) is 67.0 Å². The van der Waals surface area contributed by atoms with Gasteiger partial charge in [0.15, 0.2) is 0 Å². The van der Waals surface area contributed by atoms with E-state index in [9.17, 15) is 4.79 Å². The SMILES string of the molecule is C=CCNC(=O)c1ccn[c]c1-c1ccccc1.